The Morgan fingerprint density at radius 3 is 2.45 bits per heavy atom. The largest absolute Gasteiger partial charge is 0.480 e. The lowest BCUT2D eigenvalue weighted by atomic mass is 9.81. The Morgan fingerprint density at radius 1 is 1.20 bits per heavy atom. The van der Waals surface area contributed by atoms with Crippen molar-refractivity contribution in [3.8, 4) is 0 Å². The zero-order valence-electron chi connectivity index (χ0n) is 11.2. The van der Waals surface area contributed by atoms with E-state index in [1.165, 1.54) is 0 Å². The zero-order valence-corrected chi connectivity index (χ0v) is 13.4. The highest BCUT2D eigenvalue weighted by molar-refractivity contribution is 14.1. The lowest BCUT2D eigenvalue weighted by Crippen LogP contribution is -2.56. The highest BCUT2D eigenvalue weighted by Gasteiger charge is 2.40. The minimum absolute atomic E-state index is 0.210. The summed E-state index contributed by atoms with van der Waals surface area (Å²) in [5.74, 6) is -1.12. The highest BCUT2D eigenvalue weighted by atomic mass is 127. The zero-order chi connectivity index (χ0) is 14.6. The Labute approximate surface area is 132 Å². The van der Waals surface area contributed by atoms with Gasteiger partial charge in [-0.2, -0.15) is 0 Å². The first-order valence-electron chi connectivity index (χ1n) is 6.81. The molecule has 0 aromatic heterocycles. The number of hydrogen-bond acceptors (Lipinski definition) is 2. The number of carbonyl (C=O) groups is 2. The first kappa shape index (κ1) is 15.3. The van der Waals surface area contributed by atoms with Gasteiger partial charge >= 0.3 is 5.97 Å². The molecule has 0 saturated heterocycles. The molecule has 1 fully saturated rings. The Bertz CT molecular complexity index is 510. The van der Waals surface area contributed by atoms with Gasteiger partial charge < -0.3 is 10.4 Å². The van der Waals surface area contributed by atoms with Crippen LogP contribution in [0.25, 0.3) is 0 Å². The van der Waals surface area contributed by atoms with E-state index in [0.717, 1.165) is 28.4 Å². The summed E-state index contributed by atoms with van der Waals surface area (Å²) in [6.07, 6.45) is 4.04. The van der Waals surface area contributed by atoms with Crippen molar-refractivity contribution in [3.05, 3.63) is 33.4 Å². The third kappa shape index (κ3) is 3.50. The molecule has 20 heavy (non-hydrogen) atoms. The molecule has 0 heterocycles. The van der Waals surface area contributed by atoms with E-state index >= 15 is 0 Å². The van der Waals surface area contributed by atoms with Gasteiger partial charge in [-0.15, -0.1) is 0 Å². The van der Waals surface area contributed by atoms with Crippen molar-refractivity contribution in [3.63, 3.8) is 0 Å². The van der Waals surface area contributed by atoms with Crippen molar-refractivity contribution in [2.24, 2.45) is 0 Å². The number of benzene rings is 1. The molecule has 2 rings (SSSR count). The molecule has 4 nitrogen and oxygen atoms in total. The molecular formula is C15H18INO3. The predicted molar refractivity (Wildman–Crippen MR) is 84.5 cm³/mol. The van der Waals surface area contributed by atoms with Crippen LogP contribution in [0.4, 0.5) is 0 Å². The molecule has 0 aliphatic heterocycles. The Morgan fingerprint density at radius 2 is 1.85 bits per heavy atom. The second kappa shape index (κ2) is 6.56. The van der Waals surface area contributed by atoms with E-state index in [1.54, 1.807) is 0 Å². The Balaban J connectivity index is 2.06. The van der Waals surface area contributed by atoms with E-state index in [2.05, 4.69) is 27.9 Å². The lowest BCUT2D eigenvalue weighted by molar-refractivity contribution is -0.149. The van der Waals surface area contributed by atoms with Crippen molar-refractivity contribution in [1.29, 1.82) is 0 Å². The molecule has 1 amide bonds. The Kier molecular flexibility index (Phi) is 5.01. The van der Waals surface area contributed by atoms with Gasteiger partial charge in [0.15, 0.2) is 0 Å². The van der Waals surface area contributed by atoms with E-state index < -0.39 is 11.5 Å². The summed E-state index contributed by atoms with van der Waals surface area (Å²) in [5, 5.41) is 12.2. The fraction of sp³-hybridized carbons (Fsp3) is 0.467. The van der Waals surface area contributed by atoms with Gasteiger partial charge in [-0.1, -0.05) is 37.5 Å². The summed E-state index contributed by atoms with van der Waals surface area (Å²) in [6.45, 7) is 0. The average molecular weight is 387 g/mol. The van der Waals surface area contributed by atoms with Gasteiger partial charge in [0.2, 0.25) is 5.91 Å². The fourth-order valence-corrected chi connectivity index (χ4v) is 3.25. The van der Waals surface area contributed by atoms with Crippen LogP contribution in [0.5, 0.6) is 0 Å². The topological polar surface area (TPSA) is 66.4 Å². The summed E-state index contributed by atoms with van der Waals surface area (Å²) < 4.78 is 1.02. The van der Waals surface area contributed by atoms with Crippen molar-refractivity contribution in [2.45, 2.75) is 44.1 Å². The van der Waals surface area contributed by atoms with Crippen molar-refractivity contribution in [1.82, 2.24) is 5.32 Å². The molecule has 0 radical (unpaired) electrons. The second-order valence-electron chi connectivity index (χ2n) is 5.26. The van der Waals surface area contributed by atoms with Gasteiger partial charge in [-0.3, -0.25) is 4.79 Å². The smallest absolute Gasteiger partial charge is 0.329 e. The molecule has 1 aliphatic rings. The normalized spacial score (nSPS) is 17.4. The number of carboxylic acids is 1. The summed E-state index contributed by atoms with van der Waals surface area (Å²) in [6, 6.07) is 7.65. The molecule has 0 bridgehead atoms. The number of amides is 1. The number of carbonyl (C=O) groups excluding carboxylic acids is 1. The number of hydrogen-bond donors (Lipinski definition) is 2. The van der Waals surface area contributed by atoms with Crippen molar-refractivity contribution >= 4 is 34.5 Å². The monoisotopic (exact) mass is 387 g/mol. The van der Waals surface area contributed by atoms with E-state index in [1.807, 2.05) is 24.3 Å². The molecule has 108 valence electrons. The first-order valence-corrected chi connectivity index (χ1v) is 7.89. The van der Waals surface area contributed by atoms with E-state index in [9.17, 15) is 14.7 Å². The van der Waals surface area contributed by atoms with Gasteiger partial charge in [-0.25, -0.2) is 4.79 Å². The summed E-state index contributed by atoms with van der Waals surface area (Å²) >= 11 is 2.19. The molecule has 0 unspecified atom stereocenters. The van der Waals surface area contributed by atoms with Gasteiger partial charge in [0, 0.05) is 3.57 Å². The molecule has 2 N–H and O–H groups in total. The summed E-state index contributed by atoms with van der Waals surface area (Å²) in [4.78, 5) is 23.7. The number of halogens is 1. The third-order valence-corrected chi connectivity index (χ3v) is 4.86. The van der Waals surface area contributed by atoms with Gasteiger partial charge in [-0.05, 0) is 47.1 Å². The first-order chi connectivity index (χ1) is 9.53. The van der Waals surface area contributed by atoms with Crippen LogP contribution in [0.2, 0.25) is 0 Å². The maximum absolute atomic E-state index is 12.2. The van der Waals surface area contributed by atoms with Crippen LogP contribution in [0, 0.1) is 3.57 Å². The molecule has 0 spiro atoms. The molecule has 1 saturated carbocycles. The predicted octanol–water partition coefficient (Wildman–Crippen LogP) is 2.74. The standard InChI is InChI=1S/C15H18INO3/c16-12-7-3-2-6-11(12)10-13(18)17-15(14(19)20)8-4-1-5-9-15/h2-3,6-7H,1,4-5,8-10H2,(H,17,18)(H,19,20). The molecule has 1 aromatic rings. The highest BCUT2D eigenvalue weighted by Crippen LogP contribution is 2.28. The second-order valence-corrected chi connectivity index (χ2v) is 6.43. The Hall–Kier alpha value is -1.11. The van der Waals surface area contributed by atoms with Gasteiger partial charge in [0.25, 0.3) is 0 Å². The molecule has 1 aliphatic carbocycles. The minimum Gasteiger partial charge on any atom is -0.480 e. The summed E-state index contributed by atoms with van der Waals surface area (Å²) in [7, 11) is 0. The molecular weight excluding hydrogens is 369 g/mol. The SMILES string of the molecule is O=C(Cc1ccccc1I)NC1(C(=O)O)CCCCC1. The quantitative estimate of drug-likeness (QED) is 0.781. The van der Waals surface area contributed by atoms with Crippen LogP contribution in [-0.4, -0.2) is 22.5 Å². The van der Waals surface area contributed by atoms with E-state index in [4.69, 9.17) is 0 Å². The maximum Gasteiger partial charge on any atom is 0.329 e. The van der Waals surface area contributed by atoms with Gasteiger partial charge in [0.1, 0.15) is 5.54 Å². The van der Waals surface area contributed by atoms with Crippen LogP contribution in [0.3, 0.4) is 0 Å². The number of aliphatic carboxylic acids is 1. The van der Waals surface area contributed by atoms with E-state index in [0.29, 0.717) is 12.8 Å². The molecule has 1 aromatic carbocycles. The van der Waals surface area contributed by atoms with Crippen LogP contribution < -0.4 is 5.32 Å². The number of carboxylic acid groups (broad SMARTS) is 1. The van der Waals surface area contributed by atoms with E-state index in [-0.39, 0.29) is 12.3 Å². The van der Waals surface area contributed by atoms with Crippen molar-refractivity contribution in [2.75, 3.05) is 0 Å². The third-order valence-electron chi connectivity index (χ3n) is 3.80. The van der Waals surface area contributed by atoms with Crippen LogP contribution in [0.1, 0.15) is 37.7 Å². The summed E-state index contributed by atoms with van der Waals surface area (Å²) in [5.41, 5.74) is -0.128. The average Bonchev–Trinajstić information content (AvgIpc) is 2.42. The van der Waals surface area contributed by atoms with Gasteiger partial charge in [0.05, 0.1) is 6.42 Å². The lowest BCUT2D eigenvalue weighted by Gasteiger charge is -2.34. The molecule has 5 heteroatoms. The number of rotatable bonds is 4. The number of nitrogens with one attached hydrogen (secondary N) is 1. The van der Waals surface area contributed by atoms with Crippen molar-refractivity contribution < 1.29 is 14.7 Å². The van der Waals surface area contributed by atoms with Crippen LogP contribution >= 0.6 is 22.6 Å². The minimum atomic E-state index is -1.06. The van der Waals surface area contributed by atoms with Crippen LogP contribution in [0.15, 0.2) is 24.3 Å². The maximum atomic E-state index is 12.2. The molecule has 0 atom stereocenters. The van der Waals surface area contributed by atoms with Crippen LogP contribution in [-0.2, 0) is 16.0 Å². The fourth-order valence-electron chi connectivity index (χ4n) is 2.67.